The summed E-state index contributed by atoms with van der Waals surface area (Å²) in [6.07, 6.45) is 0. The molecule has 12 rings (SSSR count). The summed E-state index contributed by atoms with van der Waals surface area (Å²) in [7, 11) is 0. The predicted octanol–water partition coefficient (Wildman–Crippen LogP) is 13.2. The summed E-state index contributed by atoms with van der Waals surface area (Å²) in [5, 5.41) is 0. The summed E-state index contributed by atoms with van der Waals surface area (Å²) in [5.74, 6) is 1.97. The van der Waals surface area contributed by atoms with Gasteiger partial charge < -0.3 is 0 Å². The van der Waals surface area contributed by atoms with Gasteiger partial charge in [0.25, 0.3) is 0 Å². The molecule has 0 radical (unpaired) electrons. The first-order valence-electron chi connectivity index (χ1n) is 20.1. The summed E-state index contributed by atoms with van der Waals surface area (Å²) in [6.45, 7) is 4.72. The summed E-state index contributed by atoms with van der Waals surface area (Å²) in [4.78, 5) is 15.3. The van der Waals surface area contributed by atoms with Gasteiger partial charge in [-0.05, 0) is 90.0 Å². The molecule has 0 N–H and O–H groups in total. The van der Waals surface area contributed by atoms with Crippen molar-refractivity contribution in [2.24, 2.45) is 0 Å². The molecule has 3 heteroatoms. The predicted molar refractivity (Wildman–Crippen MR) is 235 cm³/mol. The van der Waals surface area contributed by atoms with Crippen molar-refractivity contribution in [1.29, 1.82) is 0 Å². The molecule has 0 amide bonds. The Morgan fingerprint density at radius 1 is 0.293 bits per heavy atom. The van der Waals surface area contributed by atoms with Crippen LogP contribution in [0.5, 0.6) is 0 Å². The van der Waals surface area contributed by atoms with E-state index in [-0.39, 0.29) is 5.41 Å². The third kappa shape index (κ3) is 4.47. The fraction of sp³-hybridized carbons (Fsp3) is 0.0727. The van der Waals surface area contributed by atoms with Crippen LogP contribution in [0, 0.1) is 0 Å². The van der Waals surface area contributed by atoms with Gasteiger partial charge in [-0.15, -0.1) is 0 Å². The van der Waals surface area contributed by atoms with Crippen LogP contribution < -0.4 is 0 Å². The number of fused-ring (bicyclic) bond motifs is 13. The third-order valence-electron chi connectivity index (χ3n) is 13.0. The first kappa shape index (κ1) is 33.0. The number of benzene rings is 8. The molecule has 1 heterocycles. The summed E-state index contributed by atoms with van der Waals surface area (Å²) in [5.41, 5.74) is 20.4. The minimum absolute atomic E-state index is 0.0777. The highest BCUT2D eigenvalue weighted by Crippen LogP contribution is 2.64. The van der Waals surface area contributed by atoms with E-state index in [2.05, 4.69) is 166 Å². The topological polar surface area (TPSA) is 38.7 Å². The Labute approximate surface area is 338 Å². The van der Waals surface area contributed by atoms with Crippen molar-refractivity contribution in [2.75, 3.05) is 0 Å². The molecular weight excluding hydrogens is 703 g/mol. The van der Waals surface area contributed by atoms with Crippen LogP contribution in [-0.4, -0.2) is 15.0 Å². The lowest BCUT2D eigenvalue weighted by molar-refractivity contribution is 0.660. The van der Waals surface area contributed by atoms with Crippen molar-refractivity contribution in [2.45, 2.75) is 24.7 Å². The second-order valence-corrected chi connectivity index (χ2v) is 16.3. The van der Waals surface area contributed by atoms with Gasteiger partial charge in [0, 0.05) is 22.1 Å². The Balaban J connectivity index is 1.11. The normalized spacial score (nSPS) is 14.3. The third-order valence-corrected chi connectivity index (χ3v) is 13.0. The number of hydrogen-bond acceptors (Lipinski definition) is 3. The van der Waals surface area contributed by atoms with Crippen molar-refractivity contribution in [3.63, 3.8) is 0 Å². The zero-order valence-electron chi connectivity index (χ0n) is 32.2. The Bertz CT molecular complexity index is 3040. The first-order valence-corrected chi connectivity index (χ1v) is 20.1. The van der Waals surface area contributed by atoms with Gasteiger partial charge in [0.2, 0.25) is 0 Å². The molecule has 0 unspecified atom stereocenters. The fourth-order valence-electron chi connectivity index (χ4n) is 10.4. The van der Waals surface area contributed by atoms with E-state index in [4.69, 9.17) is 15.0 Å². The molecular formula is C55H37N3. The van der Waals surface area contributed by atoms with E-state index in [9.17, 15) is 0 Å². The molecule has 1 aromatic heterocycles. The lowest BCUT2D eigenvalue weighted by Gasteiger charge is -2.31. The van der Waals surface area contributed by atoms with E-state index in [1.54, 1.807) is 0 Å². The highest BCUT2D eigenvalue weighted by Gasteiger charge is 2.52. The van der Waals surface area contributed by atoms with E-state index >= 15 is 0 Å². The van der Waals surface area contributed by atoms with Gasteiger partial charge in [-0.1, -0.05) is 190 Å². The highest BCUT2D eigenvalue weighted by atomic mass is 15.0. The van der Waals surface area contributed by atoms with Crippen LogP contribution in [0.25, 0.3) is 78.7 Å². The molecule has 0 bridgehead atoms. The van der Waals surface area contributed by atoms with Crippen LogP contribution in [0.4, 0.5) is 0 Å². The fourth-order valence-corrected chi connectivity index (χ4v) is 10.4. The van der Waals surface area contributed by atoms with Crippen molar-refractivity contribution in [3.05, 3.63) is 221 Å². The minimum atomic E-state index is -0.545. The molecule has 0 aliphatic heterocycles. The van der Waals surface area contributed by atoms with Gasteiger partial charge in [-0.3, -0.25) is 0 Å². The van der Waals surface area contributed by atoms with Crippen LogP contribution in [0.3, 0.4) is 0 Å². The molecule has 3 aliphatic rings. The molecule has 0 atom stereocenters. The van der Waals surface area contributed by atoms with E-state index in [0.717, 1.165) is 16.7 Å². The molecule has 58 heavy (non-hydrogen) atoms. The molecule has 3 aliphatic carbocycles. The molecule has 9 aromatic rings. The maximum Gasteiger partial charge on any atom is 0.164 e. The lowest BCUT2D eigenvalue weighted by atomic mass is 9.70. The maximum atomic E-state index is 5.17. The van der Waals surface area contributed by atoms with Gasteiger partial charge in [0.15, 0.2) is 17.5 Å². The highest BCUT2D eigenvalue weighted by molar-refractivity contribution is 5.98. The van der Waals surface area contributed by atoms with E-state index in [1.165, 1.54) is 77.9 Å². The van der Waals surface area contributed by atoms with E-state index in [0.29, 0.717) is 17.5 Å². The SMILES string of the molecule is CC1(C)c2ccccc2-c2c(-c3ccc4c(c3)C3(c5ccccc5-c5ccccc53)c3cc(-c5nc(-c6ccccc6)nc(-c6ccccc6)n5)ccc3-4)cccc21. The molecule has 3 nitrogen and oxygen atoms in total. The van der Waals surface area contributed by atoms with Crippen LogP contribution in [0.1, 0.15) is 47.2 Å². The molecule has 0 saturated heterocycles. The Hall–Kier alpha value is -7.23. The van der Waals surface area contributed by atoms with Crippen molar-refractivity contribution in [1.82, 2.24) is 15.0 Å². The van der Waals surface area contributed by atoms with Crippen molar-refractivity contribution >= 4 is 0 Å². The molecule has 272 valence electrons. The molecule has 0 saturated carbocycles. The van der Waals surface area contributed by atoms with Crippen LogP contribution in [0.15, 0.2) is 188 Å². The molecule has 1 spiro atoms. The largest absolute Gasteiger partial charge is 0.208 e. The number of hydrogen-bond donors (Lipinski definition) is 0. The van der Waals surface area contributed by atoms with E-state index < -0.39 is 5.41 Å². The van der Waals surface area contributed by atoms with Crippen LogP contribution in [-0.2, 0) is 10.8 Å². The quantitative estimate of drug-likeness (QED) is 0.180. The zero-order valence-corrected chi connectivity index (χ0v) is 32.2. The Kier molecular flexibility index (Phi) is 6.90. The monoisotopic (exact) mass is 739 g/mol. The van der Waals surface area contributed by atoms with Gasteiger partial charge >= 0.3 is 0 Å². The van der Waals surface area contributed by atoms with E-state index in [1.807, 2.05) is 36.4 Å². The van der Waals surface area contributed by atoms with Gasteiger partial charge in [-0.2, -0.15) is 0 Å². The summed E-state index contributed by atoms with van der Waals surface area (Å²) < 4.78 is 0. The smallest absolute Gasteiger partial charge is 0.164 e. The first-order chi connectivity index (χ1) is 28.5. The second kappa shape index (κ2) is 12.1. The van der Waals surface area contributed by atoms with Crippen LogP contribution >= 0.6 is 0 Å². The molecule has 0 fully saturated rings. The standard InChI is InChI=1S/C55H37N3/c1-54(2)44-24-12-11-22-43(44)50-38(23-15-27-47(50)54)36-28-30-41-42-31-29-37(53-57-51(34-16-5-3-6-17-34)56-52(58-53)35-18-7-4-8-19-35)33-49(42)55(48(41)32-36)45-25-13-9-20-39(45)40-21-10-14-26-46(40)55/h3-33H,1-2H3. The average Bonchev–Trinajstić information content (AvgIpc) is 3.85. The van der Waals surface area contributed by atoms with Crippen molar-refractivity contribution in [3.8, 4) is 78.7 Å². The maximum absolute atomic E-state index is 5.17. The lowest BCUT2D eigenvalue weighted by Crippen LogP contribution is -2.26. The zero-order chi connectivity index (χ0) is 38.6. The summed E-state index contributed by atoms with van der Waals surface area (Å²) >= 11 is 0. The van der Waals surface area contributed by atoms with Crippen molar-refractivity contribution < 1.29 is 0 Å². The number of rotatable bonds is 4. The average molecular weight is 740 g/mol. The second-order valence-electron chi connectivity index (χ2n) is 16.3. The summed E-state index contributed by atoms with van der Waals surface area (Å²) in [6, 6.07) is 68.4. The van der Waals surface area contributed by atoms with Crippen LogP contribution in [0.2, 0.25) is 0 Å². The minimum Gasteiger partial charge on any atom is -0.208 e. The number of aromatic nitrogens is 3. The van der Waals surface area contributed by atoms with Gasteiger partial charge in [0.05, 0.1) is 5.41 Å². The molecule has 8 aromatic carbocycles. The Morgan fingerprint density at radius 3 is 1.29 bits per heavy atom. The Morgan fingerprint density at radius 2 is 0.707 bits per heavy atom. The van der Waals surface area contributed by atoms with Gasteiger partial charge in [0.1, 0.15) is 0 Å². The number of nitrogens with zero attached hydrogens (tertiary/aromatic N) is 3. The van der Waals surface area contributed by atoms with Gasteiger partial charge in [-0.25, -0.2) is 15.0 Å².